The highest BCUT2D eigenvalue weighted by atomic mass is 16.1. The minimum absolute atomic E-state index is 0.144. The first kappa shape index (κ1) is 11.5. The summed E-state index contributed by atoms with van der Waals surface area (Å²) in [5.41, 5.74) is 2.37. The van der Waals surface area contributed by atoms with E-state index in [1.807, 2.05) is 19.1 Å². The molecule has 0 radical (unpaired) electrons. The van der Waals surface area contributed by atoms with Crippen molar-refractivity contribution in [2.45, 2.75) is 26.7 Å². The highest BCUT2D eigenvalue weighted by Gasteiger charge is 2.04. The van der Waals surface area contributed by atoms with Gasteiger partial charge in [0.05, 0.1) is 17.6 Å². The van der Waals surface area contributed by atoms with Crippen LogP contribution >= 0.6 is 0 Å². The van der Waals surface area contributed by atoms with Crippen LogP contribution in [0.5, 0.6) is 0 Å². The minimum atomic E-state index is -0.144. The second-order valence-corrected chi connectivity index (χ2v) is 4.32. The number of aromatic nitrogens is 3. The van der Waals surface area contributed by atoms with Gasteiger partial charge in [-0.2, -0.15) is 9.78 Å². The average molecular weight is 229 g/mol. The Kier molecular flexibility index (Phi) is 3.04. The van der Waals surface area contributed by atoms with E-state index in [2.05, 4.69) is 23.9 Å². The van der Waals surface area contributed by atoms with E-state index < -0.39 is 0 Å². The number of pyridine rings is 1. The van der Waals surface area contributed by atoms with Crippen molar-refractivity contribution >= 4 is 0 Å². The zero-order chi connectivity index (χ0) is 12.4. The molecule has 2 rings (SSSR count). The molecular formula is C13H15N3O. The van der Waals surface area contributed by atoms with Crippen molar-refractivity contribution in [1.82, 2.24) is 14.8 Å². The number of aryl methyl sites for hydroxylation is 1. The smallest absolute Gasteiger partial charge is 0.267 e. The Bertz CT molecular complexity index is 570. The Morgan fingerprint density at radius 3 is 2.53 bits per heavy atom. The van der Waals surface area contributed by atoms with Gasteiger partial charge in [0.25, 0.3) is 5.56 Å². The van der Waals surface area contributed by atoms with Gasteiger partial charge in [-0.15, -0.1) is 0 Å². The topological polar surface area (TPSA) is 47.8 Å². The molecule has 0 N–H and O–H groups in total. The van der Waals surface area contributed by atoms with Crippen LogP contribution in [0.25, 0.3) is 5.69 Å². The summed E-state index contributed by atoms with van der Waals surface area (Å²) in [5.74, 6) is 0.381. The Balaban J connectivity index is 2.46. The molecule has 4 nitrogen and oxygen atoms in total. The van der Waals surface area contributed by atoms with E-state index in [0.717, 1.165) is 11.4 Å². The molecule has 0 bridgehead atoms. The van der Waals surface area contributed by atoms with Crippen molar-refractivity contribution < 1.29 is 0 Å². The van der Waals surface area contributed by atoms with E-state index in [1.54, 1.807) is 12.3 Å². The maximum atomic E-state index is 11.7. The summed E-state index contributed by atoms with van der Waals surface area (Å²) in [5, 5.41) is 4.18. The number of hydrogen-bond donors (Lipinski definition) is 0. The second-order valence-electron chi connectivity index (χ2n) is 4.32. The standard InChI is InChI=1S/C13H15N3O/c1-9(2)12-6-5-11(8-14-12)16-13(17)7-4-10(3)15-16/h4-9H,1-3H3. The van der Waals surface area contributed by atoms with Crippen molar-refractivity contribution in [3.8, 4) is 5.69 Å². The van der Waals surface area contributed by atoms with Gasteiger partial charge in [0.15, 0.2) is 0 Å². The molecule has 0 fully saturated rings. The largest absolute Gasteiger partial charge is 0.271 e. The fourth-order valence-electron chi connectivity index (χ4n) is 1.55. The van der Waals surface area contributed by atoms with Gasteiger partial charge >= 0.3 is 0 Å². The van der Waals surface area contributed by atoms with Gasteiger partial charge in [0, 0.05) is 11.8 Å². The third-order valence-corrected chi connectivity index (χ3v) is 2.54. The van der Waals surface area contributed by atoms with E-state index >= 15 is 0 Å². The van der Waals surface area contributed by atoms with Crippen LogP contribution < -0.4 is 5.56 Å². The van der Waals surface area contributed by atoms with Crippen LogP contribution in [0.4, 0.5) is 0 Å². The molecule has 0 saturated heterocycles. The maximum Gasteiger partial charge on any atom is 0.271 e. The van der Waals surface area contributed by atoms with Crippen LogP contribution in [-0.2, 0) is 0 Å². The molecule has 0 spiro atoms. The molecule has 88 valence electrons. The van der Waals surface area contributed by atoms with Crippen LogP contribution in [0.1, 0.15) is 31.2 Å². The van der Waals surface area contributed by atoms with E-state index in [-0.39, 0.29) is 5.56 Å². The molecule has 4 heteroatoms. The first-order valence-corrected chi connectivity index (χ1v) is 5.61. The van der Waals surface area contributed by atoms with Crippen molar-refractivity contribution in [1.29, 1.82) is 0 Å². The molecule has 0 unspecified atom stereocenters. The normalized spacial score (nSPS) is 10.8. The third-order valence-electron chi connectivity index (χ3n) is 2.54. The summed E-state index contributed by atoms with van der Waals surface area (Å²) in [6.45, 7) is 6.02. The molecule has 0 amide bonds. The van der Waals surface area contributed by atoms with Crippen molar-refractivity contribution in [3.63, 3.8) is 0 Å². The Hall–Kier alpha value is -1.97. The molecule has 0 aliphatic carbocycles. The van der Waals surface area contributed by atoms with E-state index in [0.29, 0.717) is 11.6 Å². The molecule has 0 atom stereocenters. The zero-order valence-corrected chi connectivity index (χ0v) is 10.2. The van der Waals surface area contributed by atoms with Gasteiger partial charge in [0.2, 0.25) is 0 Å². The first-order chi connectivity index (χ1) is 8.08. The molecule has 17 heavy (non-hydrogen) atoms. The Morgan fingerprint density at radius 2 is 1.94 bits per heavy atom. The lowest BCUT2D eigenvalue weighted by Gasteiger charge is -2.07. The lowest BCUT2D eigenvalue weighted by Crippen LogP contribution is -2.20. The molecular weight excluding hydrogens is 214 g/mol. The highest BCUT2D eigenvalue weighted by Crippen LogP contribution is 2.12. The van der Waals surface area contributed by atoms with Crippen LogP contribution in [-0.4, -0.2) is 14.8 Å². The predicted molar refractivity (Wildman–Crippen MR) is 66.5 cm³/mol. The molecule has 0 aliphatic heterocycles. The van der Waals surface area contributed by atoms with Crippen LogP contribution in [0.2, 0.25) is 0 Å². The summed E-state index contributed by atoms with van der Waals surface area (Å²) in [7, 11) is 0. The minimum Gasteiger partial charge on any atom is -0.267 e. The van der Waals surface area contributed by atoms with Crippen molar-refractivity contribution in [3.05, 3.63) is 52.2 Å². The summed E-state index contributed by atoms with van der Waals surface area (Å²) < 4.78 is 1.37. The SMILES string of the molecule is Cc1ccc(=O)n(-c2ccc(C(C)C)nc2)n1. The summed E-state index contributed by atoms with van der Waals surface area (Å²) in [4.78, 5) is 16.0. The molecule has 0 saturated carbocycles. The summed E-state index contributed by atoms with van der Waals surface area (Å²) >= 11 is 0. The van der Waals surface area contributed by atoms with Crippen molar-refractivity contribution in [2.75, 3.05) is 0 Å². The quantitative estimate of drug-likeness (QED) is 0.792. The van der Waals surface area contributed by atoms with Gasteiger partial charge in [-0.1, -0.05) is 13.8 Å². The summed E-state index contributed by atoms with van der Waals surface area (Å²) in [6.07, 6.45) is 1.68. The molecule has 0 aromatic carbocycles. The van der Waals surface area contributed by atoms with Gasteiger partial charge < -0.3 is 0 Å². The Morgan fingerprint density at radius 1 is 1.18 bits per heavy atom. The molecule has 0 aliphatic rings. The van der Waals surface area contributed by atoms with Crippen LogP contribution in [0.3, 0.4) is 0 Å². The maximum absolute atomic E-state index is 11.7. The summed E-state index contributed by atoms with van der Waals surface area (Å²) in [6, 6.07) is 7.01. The fraction of sp³-hybridized carbons (Fsp3) is 0.308. The lowest BCUT2D eigenvalue weighted by molar-refractivity contribution is 0.770. The monoisotopic (exact) mass is 229 g/mol. The average Bonchev–Trinajstić information content (AvgIpc) is 2.32. The van der Waals surface area contributed by atoms with Gasteiger partial charge in [-0.25, -0.2) is 0 Å². The molecule has 2 heterocycles. The fourth-order valence-corrected chi connectivity index (χ4v) is 1.55. The first-order valence-electron chi connectivity index (χ1n) is 5.61. The van der Waals surface area contributed by atoms with Gasteiger partial charge in [0.1, 0.15) is 0 Å². The highest BCUT2D eigenvalue weighted by molar-refractivity contribution is 5.29. The van der Waals surface area contributed by atoms with E-state index in [1.165, 1.54) is 10.7 Å². The number of hydrogen-bond acceptors (Lipinski definition) is 3. The van der Waals surface area contributed by atoms with Gasteiger partial charge in [-0.05, 0) is 31.0 Å². The van der Waals surface area contributed by atoms with Crippen molar-refractivity contribution in [2.24, 2.45) is 0 Å². The number of nitrogens with zero attached hydrogens (tertiary/aromatic N) is 3. The second kappa shape index (κ2) is 4.49. The van der Waals surface area contributed by atoms with Crippen LogP contribution in [0, 0.1) is 6.92 Å². The number of rotatable bonds is 2. The third kappa shape index (κ3) is 2.41. The molecule has 2 aromatic heterocycles. The Labute approximate surface area is 99.9 Å². The molecule has 2 aromatic rings. The lowest BCUT2D eigenvalue weighted by atomic mass is 10.1. The van der Waals surface area contributed by atoms with Gasteiger partial charge in [-0.3, -0.25) is 9.78 Å². The van der Waals surface area contributed by atoms with Crippen LogP contribution in [0.15, 0.2) is 35.3 Å². The van der Waals surface area contributed by atoms with E-state index in [4.69, 9.17) is 0 Å². The zero-order valence-electron chi connectivity index (χ0n) is 10.2. The van der Waals surface area contributed by atoms with E-state index in [9.17, 15) is 4.79 Å². The predicted octanol–water partition coefficient (Wildman–Crippen LogP) is 2.06.